The van der Waals surface area contributed by atoms with Gasteiger partial charge < -0.3 is 4.74 Å². The zero-order chi connectivity index (χ0) is 12.6. The van der Waals surface area contributed by atoms with Crippen LogP contribution in [-0.4, -0.2) is 18.9 Å². The van der Waals surface area contributed by atoms with Crippen LogP contribution in [0.3, 0.4) is 0 Å². The number of Topliss-reactive ketones (excluding diaryl/α,β-unsaturated/α-hetero) is 1. The molecular weight excluding hydrogens is 216 g/mol. The molecule has 5 atom stereocenters. The zero-order valence-corrected chi connectivity index (χ0v) is 10.6. The Morgan fingerprint density at radius 3 is 2.65 bits per heavy atom. The lowest BCUT2D eigenvalue weighted by atomic mass is 9.69. The summed E-state index contributed by atoms with van der Waals surface area (Å²) < 4.78 is 4.93. The highest BCUT2D eigenvalue weighted by atomic mass is 16.5. The molecule has 92 valence electrons. The first-order valence-electron chi connectivity index (χ1n) is 6.19. The molecule has 0 spiro atoms. The number of carbonyl (C=O) groups is 2. The minimum Gasteiger partial charge on any atom is -0.469 e. The molecule has 0 aromatic carbocycles. The number of fused-ring (bicyclic) bond motifs is 1. The van der Waals surface area contributed by atoms with Crippen LogP contribution in [-0.2, 0) is 14.3 Å². The molecule has 3 unspecified atom stereocenters. The van der Waals surface area contributed by atoms with E-state index in [1.54, 1.807) is 0 Å². The van der Waals surface area contributed by atoms with Crippen LogP contribution in [0.4, 0.5) is 0 Å². The third kappa shape index (κ3) is 0.883. The van der Waals surface area contributed by atoms with Gasteiger partial charge in [0.1, 0.15) is 5.78 Å². The van der Waals surface area contributed by atoms with Crippen LogP contribution in [0.15, 0.2) is 12.2 Å². The molecule has 3 nitrogen and oxygen atoms in total. The minimum atomic E-state index is -0.491. The summed E-state index contributed by atoms with van der Waals surface area (Å²) in [7, 11) is 1.42. The molecule has 4 aliphatic rings. The molecule has 0 aromatic heterocycles. The Balaban J connectivity index is 2.01. The fourth-order valence-corrected chi connectivity index (χ4v) is 4.71. The SMILES string of the molecule is C=C(C)[C@@H]1CC2C3(C)C(=O)C1C[C@]23C(=O)OC. The van der Waals surface area contributed by atoms with Crippen LogP contribution < -0.4 is 0 Å². The van der Waals surface area contributed by atoms with Gasteiger partial charge in [-0.05, 0) is 31.6 Å². The summed E-state index contributed by atoms with van der Waals surface area (Å²) in [6.07, 6.45) is 1.61. The van der Waals surface area contributed by atoms with E-state index in [-0.39, 0.29) is 29.5 Å². The summed E-state index contributed by atoms with van der Waals surface area (Å²) in [5.41, 5.74) is 0.155. The maximum atomic E-state index is 12.4. The zero-order valence-electron chi connectivity index (χ0n) is 10.6. The monoisotopic (exact) mass is 234 g/mol. The molecule has 17 heavy (non-hydrogen) atoms. The van der Waals surface area contributed by atoms with Gasteiger partial charge in [0.25, 0.3) is 0 Å². The Hall–Kier alpha value is -1.12. The Bertz CT molecular complexity index is 452. The molecule has 3 heteroatoms. The van der Waals surface area contributed by atoms with Crippen molar-refractivity contribution >= 4 is 11.8 Å². The molecule has 0 amide bonds. The molecule has 4 fully saturated rings. The standard InChI is InChI=1S/C14H18O3/c1-7(2)8-5-10-13(3)11(15)9(8)6-14(10,13)12(16)17-4/h8-10H,1,5-6H2,2-4H3/t8-,9?,10?,13?,14+/m0/s1. The first-order chi connectivity index (χ1) is 7.91. The molecule has 4 saturated carbocycles. The summed E-state index contributed by atoms with van der Waals surface area (Å²) in [5, 5.41) is 0. The largest absolute Gasteiger partial charge is 0.469 e. The van der Waals surface area contributed by atoms with Gasteiger partial charge in [-0.15, -0.1) is 0 Å². The third-order valence-electron chi connectivity index (χ3n) is 5.68. The van der Waals surface area contributed by atoms with Crippen molar-refractivity contribution < 1.29 is 14.3 Å². The second-order valence-electron chi connectivity index (χ2n) is 6.08. The first-order valence-corrected chi connectivity index (χ1v) is 6.19. The number of ketones is 1. The highest BCUT2D eigenvalue weighted by Crippen LogP contribution is 2.83. The maximum absolute atomic E-state index is 12.4. The summed E-state index contributed by atoms with van der Waals surface area (Å²) in [5.74, 6) is 0.553. The van der Waals surface area contributed by atoms with E-state index in [2.05, 4.69) is 6.58 Å². The van der Waals surface area contributed by atoms with Crippen LogP contribution in [0.2, 0.25) is 0 Å². The average Bonchev–Trinajstić information content (AvgIpc) is 2.80. The van der Waals surface area contributed by atoms with E-state index in [9.17, 15) is 9.59 Å². The Labute approximate surface area is 101 Å². The highest BCUT2D eigenvalue weighted by molar-refractivity contribution is 6.05. The summed E-state index contributed by atoms with van der Waals surface area (Å²) >= 11 is 0. The van der Waals surface area contributed by atoms with Gasteiger partial charge in [0.05, 0.1) is 12.5 Å². The fraction of sp³-hybridized carbons (Fsp3) is 0.714. The predicted octanol–water partition coefficient (Wildman–Crippen LogP) is 1.97. The number of allylic oxidation sites excluding steroid dienone is 1. The van der Waals surface area contributed by atoms with Gasteiger partial charge in [-0.25, -0.2) is 0 Å². The minimum absolute atomic E-state index is 0.00148. The van der Waals surface area contributed by atoms with Crippen molar-refractivity contribution in [1.82, 2.24) is 0 Å². The molecule has 0 heterocycles. The van der Waals surface area contributed by atoms with Crippen molar-refractivity contribution in [3.63, 3.8) is 0 Å². The van der Waals surface area contributed by atoms with Crippen LogP contribution in [0.5, 0.6) is 0 Å². The van der Waals surface area contributed by atoms with Crippen molar-refractivity contribution in [1.29, 1.82) is 0 Å². The average molecular weight is 234 g/mol. The predicted molar refractivity (Wildman–Crippen MR) is 62.1 cm³/mol. The summed E-state index contributed by atoms with van der Waals surface area (Å²) in [6, 6.07) is 0. The van der Waals surface area contributed by atoms with E-state index in [4.69, 9.17) is 4.74 Å². The van der Waals surface area contributed by atoms with Crippen LogP contribution >= 0.6 is 0 Å². The highest BCUT2D eigenvalue weighted by Gasteiger charge is 2.88. The van der Waals surface area contributed by atoms with E-state index >= 15 is 0 Å². The number of carbonyl (C=O) groups excluding carboxylic acids is 2. The Morgan fingerprint density at radius 2 is 2.18 bits per heavy atom. The van der Waals surface area contributed by atoms with Crippen molar-refractivity contribution in [2.75, 3.05) is 7.11 Å². The topological polar surface area (TPSA) is 43.4 Å². The molecule has 0 aliphatic heterocycles. The smallest absolute Gasteiger partial charge is 0.313 e. The number of hydrogen-bond donors (Lipinski definition) is 0. The second-order valence-corrected chi connectivity index (χ2v) is 6.08. The molecule has 0 N–H and O–H groups in total. The molecule has 0 radical (unpaired) electrons. The maximum Gasteiger partial charge on any atom is 0.313 e. The first kappa shape index (κ1) is 11.0. The number of hydrogen-bond acceptors (Lipinski definition) is 3. The lowest BCUT2D eigenvalue weighted by Gasteiger charge is -2.34. The lowest BCUT2D eigenvalue weighted by Crippen LogP contribution is -2.35. The molecule has 0 aromatic rings. The molecular formula is C14H18O3. The molecule has 4 bridgehead atoms. The normalized spacial score (nSPS) is 50.1. The van der Waals surface area contributed by atoms with Crippen LogP contribution in [0, 0.1) is 28.6 Å². The lowest BCUT2D eigenvalue weighted by molar-refractivity contribution is -0.149. The number of methoxy groups -OCH3 is 1. The summed E-state index contributed by atoms with van der Waals surface area (Å²) in [4.78, 5) is 24.4. The van der Waals surface area contributed by atoms with Gasteiger partial charge in [0.2, 0.25) is 0 Å². The molecule has 0 saturated heterocycles. The van der Waals surface area contributed by atoms with Gasteiger partial charge in [-0.1, -0.05) is 19.1 Å². The molecule has 4 rings (SSSR count). The van der Waals surface area contributed by atoms with E-state index in [1.807, 2.05) is 13.8 Å². The van der Waals surface area contributed by atoms with Gasteiger partial charge in [0.15, 0.2) is 0 Å². The van der Waals surface area contributed by atoms with Crippen molar-refractivity contribution in [3.05, 3.63) is 12.2 Å². The second kappa shape index (κ2) is 2.82. The summed E-state index contributed by atoms with van der Waals surface area (Å²) in [6.45, 7) is 7.92. The van der Waals surface area contributed by atoms with E-state index in [1.165, 1.54) is 7.11 Å². The van der Waals surface area contributed by atoms with E-state index < -0.39 is 10.8 Å². The van der Waals surface area contributed by atoms with Gasteiger partial charge >= 0.3 is 5.97 Å². The van der Waals surface area contributed by atoms with Crippen molar-refractivity contribution in [2.45, 2.75) is 26.7 Å². The van der Waals surface area contributed by atoms with Crippen LogP contribution in [0.1, 0.15) is 26.7 Å². The van der Waals surface area contributed by atoms with Crippen molar-refractivity contribution in [3.8, 4) is 0 Å². The fourth-order valence-electron chi connectivity index (χ4n) is 4.71. The molecule has 4 aliphatic carbocycles. The van der Waals surface area contributed by atoms with E-state index in [0.717, 1.165) is 12.0 Å². The quantitative estimate of drug-likeness (QED) is 0.542. The Kier molecular flexibility index (Phi) is 1.82. The van der Waals surface area contributed by atoms with Crippen LogP contribution in [0.25, 0.3) is 0 Å². The van der Waals surface area contributed by atoms with E-state index in [0.29, 0.717) is 6.42 Å². The van der Waals surface area contributed by atoms with Gasteiger partial charge in [0, 0.05) is 11.3 Å². The van der Waals surface area contributed by atoms with Crippen molar-refractivity contribution in [2.24, 2.45) is 28.6 Å². The number of esters is 1. The van der Waals surface area contributed by atoms with Gasteiger partial charge in [-0.3, -0.25) is 9.59 Å². The third-order valence-corrected chi connectivity index (χ3v) is 5.68. The van der Waals surface area contributed by atoms with Gasteiger partial charge in [-0.2, -0.15) is 0 Å². The number of ether oxygens (including phenoxy) is 1. The number of rotatable bonds is 2. The Morgan fingerprint density at radius 1 is 1.53 bits per heavy atom.